The van der Waals surface area contributed by atoms with E-state index >= 15 is 0 Å². The highest BCUT2D eigenvalue weighted by Gasteiger charge is 2.10. The Kier molecular flexibility index (Phi) is 4.00. The van der Waals surface area contributed by atoms with Gasteiger partial charge in [0.15, 0.2) is 0 Å². The van der Waals surface area contributed by atoms with Crippen molar-refractivity contribution in [1.29, 1.82) is 0 Å². The third-order valence-electron chi connectivity index (χ3n) is 2.51. The summed E-state index contributed by atoms with van der Waals surface area (Å²) in [6, 6.07) is 0. The maximum absolute atomic E-state index is 5.99. The first-order valence-corrected chi connectivity index (χ1v) is 5.61. The first-order chi connectivity index (χ1) is 7.06. The number of rotatable bonds is 5. The molecule has 0 aliphatic heterocycles. The molecule has 4 nitrogen and oxygen atoms in total. The van der Waals surface area contributed by atoms with E-state index in [0.29, 0.717) is 5.92 Å². The van der Waals surface area contributed by atoms with Gasteiger partial charge in [-0.15, -0.1) is 0 Å². The monoisotopic (exact) mass is 210 g/mol. The van der Waals surface area contributed by atoms with Crippen LogP contribution >= 0.6 is 0 Å². The molecule has 1 aromatic rings. The predicted molar refractivity (Wildman–Crippen MR) is 64.9 cm³/mol. The van der Waals surface area contributed by atoms with Crippen molar-refractivity contribution >= 4 is 11.5 Å². The summed E-state index contributed by atoms with van der Waals surface area (Å²) < 4.78 is 1.83. The van der Waals surface area contributed by atoms with Crippen molar-refractivity contribution in [3.8, 4) is 0 Å². The Labute approximate surface area is 91.8 Å². The molecular formula is C11H22N4. The SMILES string of the molecule is CCc1nn(C)c(NCCC(C)C)c1N. The van der Waals surface area contributed by atoms with Gasteiger partial charge in [-0.1, -0.05) is 20.8 Å². The highest BCUT2D eigenvalue weighted by Crippen LogP contribution is 2.22. The van der Waals surface area contributed by atoms with Crippen LogP contribution in [-0.2, 0) is 13.5 Å². The predicted octanol–water partition coefficient (Wildman–Crippen LogP) is 2.02. The minimum Gasteiger partial charge on any atom is -0.394 e. The van der Waals surface area contributed by atoms with Crippen molar-refractivity contribution in [3.05, 3.63) is 5.69 Å². The second-order valence-electron chi connectivity index (χ2n) is 4.30. The van der Waals surface area contributed by atoms with E-state index in [0.717, 1.165) is 36.6 Å². The molecule has 0 atom stereocenters. The van der Waals surface area contributed by atoms with Gasteiger partial charge in [0.05, 0.1) is 11.4 Å². The maximum atomic E-state index is 5.99. The van der Waals surface area contributed by atoms with Crippen molar-refractivity contribution in [3.63, 3.8) is 0 Å². The molecule has 1 aromatic heterocycles. The number of nitrogen functional groups attached to an aromatic ring is 1. The third kappa shape index (κ3) is 2.88. The summed E-state index contributed by atoms with van der Waals surface area (Å²) in [5, 5.41) is 7.70. The number of hydrogen-bond donors (Lipinski definition) is 2. The molecule has 0 fully saturated rings. The van der Waals surface area contributed by atoms with Crippen LogP contribution in [0.2, 0.25) is 0 Å². The normalized spacial score (nSPS) is 11.0. The summed E-state index contributed by atoms with van der Waals surface area (Å²) in [4.78, 5) is 0. The number of aromatic nitrogens is 2. The summed E-state index contributed by atoms with van der Waals surface area (Å²) in [7, 11) is 1.92. The summed E-state index contributed by atoms with van der Waals surface area (Å²) >= 11 is 0. The summed E-state index contributed by atoms with van der Waals surface area (Å²) in [6.07, 6.45) is 2.03. The molecule has 0 bridgehead atoms. The van der Waals surface area contributed by atoms with Gasteiger partial charge in [-0.05, 0) is 18.8 Å². The smallest absolute Gasteiger partial charge is 0.147 e. The molecule has 15 heavy (non-hydrogen) atoms. The van der Waals surface area contributed by atoms with Crippen LogP contribution in [0, 0.1) is 5.92 Å². The number of nitrogens with two attached hydrogens (primary N) is 1. The average Bonchev–Trinajstić information content (AvgIpc) is 2.44. The van der Waals surface area contributed by atoms with Gasteiger partial charge in [0, 0.05) is 13.6 Å². The minimum atomic E-state index is 0.706. The lowest BCUT2D eigenvalue weighted by molar-refractivity contribution is 0.604. The summed E-state index contributed by atoms with van der Waals surface area (Å²) in [6.45, 7) is 7.44. The largest absolute Gasteiger partial charge is 0.394 e. The lowest BCUT2D eigenvalue weighted by Crippen LogP contribution is -2.09. The number of aryl methyl sites for hydroxylation is 2. The fraction of sp³-hybridized carbons (Fsp3) is 0.727. The summed E-state index contributed by atoms with van der Waals surface area (Å²) in [5.74, 6) is 1.66. The molecule has 0 aromatic carbocycles. The number of nitrogens with zero attached hydrogens (tertiary/aromatic N) is 2. The van der Waals surface area contributed by atoms with Crippen LogP contribution in [0.25, 0.3) is 0 Å². The van der Waals surface area contributed by atoms with E-state index in [1.165, 1.54) is 0 Å². The molecule has 0 aliphatic rings. The van der Waals surface area contributed by atoms with Crippen molar-refractivity contribution in [2.75, 3.05) is 17.6 Å². The van der Waals surface area contributed by atoms with Crippen molar-refractivity contribution < 1.29 is 0 Å². The summed E-state index contributed by atoms with van der Waals surface area (Å²) in [5.41, 5.74) is 7.76. The van der Waals surface area contributed by atoms with Gasteiger partial charge in [-0.25, -0.2) is 0 Å². The van der Waals surface area contributed by atoms with Crippen molar-refractivity contribution in [2.24, 2.45) is 13.0 Å². The van der Waals surface area contributed by atoms with Crippen LogP contribution in [0.4, 0.5) is 11.5 Å². The Morgan fingerprint density at radius 1 is 1.47 bits per heavy atom. The lowest BCUT2D eigenvalue weighted by atomic mass is 10.1. The molecular weight excluding hydrogens is 188 g/mol. The van der Waals surface area contributed by atoms with E-state index in [4.69, 9.17) is 5.73 Å². The van der Waals surface area contributed by atoms with Gasteiger partial charge in [-0.2, -0.15) is 5.10 Å². The molecule has 4 heteroatoms. The van der Waals surface area contributed by atoms with E-state index in [2.05, 4.69) is 31.2 Å². The van der Waals surface area contributed by atoms with Crippen LogP contribution in [0.15, 0.2) is 0 Å². The van der Waals surface area contributed by atoms with Crippen LogP contribution in [0.3, 0.4) is 0 Å². The highest BCUT2D eigenvalue weighted by atomic mass is 15.3. The fourth-order valence-electron chi connectivity index (χ4n) is 1.55. The average molecular weight is 210 g/mol. The molecule has 0 radical (unpaired) electrons. The first-order valence-electron chi connectivity index (χ1n) is 5.61. The van der Waals surface area contributed by atoms with Gasteiger partial charge >= 0.3 is 0 Å². The second kappa shape index (κ2) is 5.05. The van der Waals surface area contributed by atoms with E-state index in [1.807, 2.05) is 11.7 Å². The van der Waals surface area contributed by atoms with Crippen molar-refractivity contribution in [2.45, 2.75) is 33.6 Å². The second-order valence-corrected chi connectivity index (χ2v) is 4.30. The van der Waals surface area contributed by atoms with Crippen molar-refractivity contribution in [1.82, 2.24) is 9.78 Å². The zero-order valence-electron chi connectivity index (χ0n) is 10.2. The van der Waals surface area contributed by atoms with Gasteiger partial charge in [0.2, 0.25) is 0 Å². The molecule has 0 unspecified atom stereocenters. The van der Waals surface area contributed by atoms with Crippen LogP contribution in [0.1, 0.15) is 32.9 Å². The van der Waals surface area contributed by atoms with Gasteiger partial charge < -0.3 is 11.1 Å². The number of hydrogen-bond acceptors (Lipinski definition) is 3. The molecule has 0 aliphatic carbocycles. The quantitative estimate of drug-likeness (QED) is 0.781. The van der Waals surface area contributed by atoms with E-state index in [1.54, 1.807) is 0 Å². The number of anilines is 2. The zero-order valence-corrected chi connectivity index (χ0v) is 10.2. The van der Waals surface area contributed by atoms with E-state index < -0.39 is 0 Å². The molecule has 86 valence electrons. The number of nitrogens with one attached hydrogen (secondary N) is 1. The first kappa shape index (κ1) is 11.9. The van der Waals surface area contributed by atoms with Crippen LogP contribution < -0.4 is 11.1 Å². The van der Waals surface area contributed by atoms with Gasteiger partial charge in [0.25, 0.3) is 0 Å². The fourth-order valence-corrected chi connectivity index (χ4v) is 1.55. The van der Waals surface area contributed by atoms with Crippen LogP contribution in [-0.4, -0.2) is 16.3 Å². The minimum absolute atomic E-state index is 0.706. The molecule has 0 saturated carbocycles. The Morgan fingerprint density at radius 3 is 2.60 bits per heavy atom. The molecule has 0 spiro atoms. The molecule has 1 heterocycles. The Hall–Kier alpha value is -1.19. The Bertz CT molecular complexity index is 315. The van der Waals surface area contributed by atoms with Gasteiger partial charge in [0.1, 0.15) is 5.82 Å². The molecule has 0 amide bonds. The zero-order chi connectivity index (χ0) is 11.4. The standard InChI is InChI=1S/C11H22N4/c1-5-9-10(12)11(15(4)14-9)13-7-6-8(2)3/h8,13H,5-7,12H2,1-4H3. The Morgan fingerprint density at radius 2 is 2.13 bits per heavy atom. The third-order valence-corrected chi connectivity index (χ3v) is 2.51. The van der Waals surface area contributed by atoms with Crippen LogP contribution in [0.5, 0.6) is 0 Å². The Balaban J connectivity index is 2.64. The van der Waals surface area contributed by atoms with Gasteiger partial charge in [-0.3, -0.25) is 4.68 Å². The lowest BCUT2D eigenvalue weighted by Gasteiger charge is -2.09. The highest BCUT2D eigenvalue weighted by molar-refractivity contribution is 5.64. The van der Waals surface area contributed by atoms with E-state index in [-0.39, 0.29) is 0 Å². The molecule has 3 N–H and O–H groups in total. The molecule has 0 saturated heterocycles. The van der Waals surface area contributed by atoms with E-state index in [9.17, 15) is 0 Å². The molecule has 1 rings (SSSR count). The maximum Gasteiger partial charge on any atom is 0.147 e. The topological polar surface area (TPSA) is 55.9 Å².